The van der Waals surface area contributed by atoms with Gasteiger partial charge in [-0.15, -0.1) is 0 Å². The number of amides is 2. The molecule has 1 aliphatic heterocycles. The second kappa shape index (κ2) is 22.7. The number of carbonyl (C=O) groups is 2. The SMILES string of the molecule is CCCCCCCCCCCCCCCCCCOC[C@@H]1CO[C@@H](COC(=O)N(Cc2ccccn2)C(C)=O)C1. The van der Waals surface area contributed by atoms with E-state index in [9.17, 15) is 9.59 Å². The lowest BCUT2D eigenvalue weighted by Crippen LogP contribution is -2.36. The van der Waals surface area contributed by atoms with E-state index in [1.165, 1.54) is 103 Å². The smallest absolute Gasteiger partial charge is 0.416 e. The molecule has 2 heterocycles. The number of carbonyl (C=O) groups excluding carboxylic acids is 2. The van der Waals surface area contributed by atoms with Crippen molar-refractivity contribution in [3.63, 3.8) is 0 Å². The summed E-state index contributed by atoms with van der Waals surface area (Å²) in [6.07, 6.45) is 23.5. The Labute approximate surface area is 243 Å². The molecule has 228 valence electrons. The van der Waals surface area contributed by atoms with Gasteiger partial charge in [-0.05, 0) is 25.0 Å². The van der Waals surface area contributed by atoms with E-state index < -0.39 is 6.09 Å². The highest BCUT2D eigenvalue weighted by molar-refractivity contribution is 5.90. The molecule has 0 bridgehead atoms. The first kappa shape index (κ1) is 34.2. The third-order valence-corrected chi connectivity index (χ3v) is 7.70. The molecular formula is C33H56N2O5. The third-order valence-electron chi connectivity index (χ3n) is 7.70. The van der Waals surface area contributed by atoms with Gasteiger partial charge in [-0.25, -0.2) is 9.69 Å². The first-order chi connectivity index (χ1) is 19.6. The number of aromatic nitrogens is 1. The highest BCUT2D eigenvalue weighted by Gasteiger charge is 2.28. The Morgan fingerprint density at radius 2 is 1.48 bits per heavy atom. The standard InChI is InChI=1S/C33H56N2O5/c1-3-4-5-6-7-8-9-10-11-12-13-14-15-16-17-20-23-38-26-30-24-32(39-27-30)28-40-33(37)35(29(2)36)25-31-21-18-19-22-34-31/h18-19,21-22,30,32H,3-17,20,23-28H2,1-2H3/t30-,32-/m1/s1. The van der Waals surface area contributed by atoms with Gasteiger partial charge in [0.2, 0.25) is 5.91 Å². The van der Waals surface area contributed by atoms with Gasteiger partial charge < -0.3 is 14.2 Å². The van der Waals surface area contributed by atoms with E-state index in [4.69, 9.17) is 14.2 Å². The first-order valence-corrected chi connectivity index (χ1v) is 16.1. The normalized spacial score (nSPS) is 16.8. The van der Waals surface area contributed by atoms with Gasteiger partial charge in [-0.2, -0.15) is 0 Å². The van der Waals surface area contributed by atoms with Crippen molar-refractivity contribution in [3.8, 4) is 0 Å². The molecule has 40 heavy (non-hydrogen) atoms. The number of imide groups is 1. The maximum atomic E-state index is 12.5. The van der Waals surface area contributed by atoms with E-state index in [-0.39, 0.29) is 25.2 Å². The zero-order chi connectivity index (χ0) is 28.7. The topological polar surface area (TPSA) is 78.0 Å². The molecule has 1 saturated heterocycles. The molecular weight excluding hydrogens is 504 g/mol. The molecule has 1 aromatic heterocycles. The van der Waals surface area contributed by atoms with Crippen molar-refractivity contribution in [3.05, 3.63) is 30.1 Å². The predicted molar refractivity (Wildman–Crippen MR) is 160 cm³/mol. The van der Waals surface area contributed by atoms with Crippen LogP contribution in [0.1, 0.15) is 129 Å². The largest absolute Gasteiger partial charge is 0.446 e. The molecule has 1 aromatic rings. The number of ether oxygens (including phenoxy) is 3. The fraction of sp³-hybridized carbons (Fsp3) is 0.788. The van der Waals surface area contributed by atoms with Gasteiger partial charge in [0.05, 0.1) is 31.6 Å². The van der Waals surface area contributed by atoms with Gasteiger partial charge >= 0.3 is 6.09 Å². The molecule has 0 unspecified atom stereocenters. The van der Waals surface area contributed by atoms with Crippen LogP contribution in [0.3, 0.4) is 0 Å². The zero-order valence-corrected chi connectivity index (χ0v) is 25.5. The summed E-state index contributed by atoms with van der Waals surface area (Å²) >= 11 is 0. The van der Waals surface area contributed by atoms with Crippen LogP contribution in [-0.2, 0) is 25.5 Å². The van der Waals surface area contributed by atoms with Gasteiger partial charge in [0, 0.05) is 25.6 Å². The van der Waals surface area contributed by atoms with Crippen molar-refractivity contribution in [1.29, 1.82) is 0 Å². The summed E-state index contributed by atoms with van der Waals surface area (Å²) in [5.41, 5.74) is 0.633. The average Bonchev–Trinajstić information content (AvgIpc) is 3.42. The molecule has 7 nitrogen and oxygen atoms in total. The third kappa shape index (κ3) is 16.3. The van der Waals surface area contributed by atoms with Crippen LogP contribution in [0.15, 0.2) is 24.4 Å². The average molecular weight is 561 g/mol. The summed E-state index contributed by atoms with van der Waals surface area (Å²) in [5, 5.41) is 0. The quantitative estimate of drug-likeness (QED) is 0.125. The van der Waals surface area contributed by atoms with Crippen LogP contribution in [0, 0.1) is 5.92 Å². The van der Waals surface area contributed by atoms with Crippen molar-refractivity contribution in [1.82, 2.24) is 9.88 Å². The second-order valence-electron chi connectivity index (χ2n) is 11.4. The van der Waals surface area contributed by atoms with E-state index in [0.717, 1.165) is 24.3 Å². The second-order valence-corrected chi connectivity index (χ2v) is 11.4. The molecule has 0 saturated carbocycles. The van der Waals surface area contributed by atoms with Crippen LogP contribution in [0.25, 0.3) is 0 Å². The van der Waals surface area contributed by atoms with Gasteiger partial charge in [0.1, 0.15) is 6.61 Å². The predicted octanol–water partition coefficient (Wildman–Crippen LogP) is 8.25. The number of nitrogens with zero attached hydrogens (tertiary/aromatic N) is 2. The van der Waals surface area contributed by atoms with Crippen LogP contribution in [0.5, 0.6) is 0 Å². The molecule has 1 fully saturated rings. The lowest BCUT2D eigenvalue weighted by molar-refractivity contribution is -0.128. The molecule has 0 aromatic carbocycles. The highest BCUT2D eigenvalue weighted by Crippen LogP contribution is 2.21. The van der Waals surface area contributed by atoms with Crippen LogP contribution in [0.2, 0.25) is 0 Å². The van der Waals surface area contributed by atoms with Gasteiger partial charge in [0.15, 0.2) is 0 Å². The summed E-state index contributed by atoms with van der Waals surface area (Å²) in [7, 11) is 0. The Hall–Kier alpha value is -1.99. The maximum absolute atomic E-state index is 12.5. The Morgan fingerprint density at radius 3 is 2.02 bits per heavy atom. The number of hydrogen-bond acceptors (Lipinski definition) is 6. The molecule has 0 spiro atoms. The monoisotopic (exact) mass is 560 g/mol. The fourth-order valence-electron chi connectivity index (χ4n) is 5.21. The summed E-state index contributed by atoms with van der Waals surface area (Å²) in [6.45, 7) is 5.97. The summed E-state index contributed by atoms with van der Waals surface area (Å²) in [5.74, 6) is -0.0504. The van der Waals surface area contributed by atoms with E-state index >= 15 is 0 Å². The zero-order valence-electron chi connectivity index (χ0n) is 25.5. The van der Waals surface area contributed by atoms with Gasteiger partial charge in [-0.1, -0.05) is 109 Å². The van der Waals surface area contributed by atoms with Crippen molar-refractivity contribution in [2.75, 3.05) is 26.4 Å². The van der Waals surface area contributed by atoms with E-state index in [1.54, 1.807) is 18.3 Å². The minimum atomic E-state index is -0.662. The Kier molecular flexibility index (Phi) is 19.4. The van der Waals surface area contributed by atoms with Crippen molar-refractivity contribution in [2.24, 2.45) is 5.92 Å². The van der Waals surface area contributed by atoms with Crippen LogP contribution < -0.4 is 0 Å². The minimum Gasteiger partial charge on any atom is -0.446 e. The van der Waals surface area contributed by atoms with Gasteiger partial charge in [0.25, 0.3) is 0 Å². The molecule has 2 atom stereocenters. The molecule has 2 amide bonds. The fourth-order valence-corrected chi connectivity index (χ4v) is 5.21. The van der Waals surface area contributed by atoms with Crippen molar-refractivity contribution < 1.29 is 23.8 Å². The van der Waals surface area contributed by atoms with E-state index in [0.29, 0.717) is 24.8 Å². The van der Waals surface area contributed by atoms with Crippen molar-refractivity contribution in [2.45, 2.75) is 136 Å². The Balaban J connectivity index is 1.38. The van der Waals surface area contributed by atoms with Crippen LogP contribution in [-0.4, -0.2) is 54.4 Å². The molecule has 7 heteroatoms. The minimum absolute atomic E-state index is 0.0936. The Bertz CT molecular complexity index is 775. The number of hydrogen-bond donors (Lipinski definition) is 0. The molecule has 0 radical (unpaired) electrons. The number of pyridine rings is 1. The Morgan fingerprint density at radius 1 is 0.875 bits per heavy atom. The van der Waals surface area contributed by atoms with E-state index in [2.05, 4.69) is 11.9 Å². The molecule has 0 aliphatic carbocycles. The number of unbranched alkanes of at least 4 members (excludes halogenated alkanes) is 15. The van der Waals surface area contributed by atoms with Crippen LogP contribution >= 0.6 is 0 Å². The van der Waals surface area contributed by atoms with Gasteiger partial charge in [-0.3, -0.25) is 9.78 Å². The molecule has 1 aliphatic rings. The van der Waals surface area contributed by atoms with Crippen LogP contribution in [0.4, 0.5) is 4.79 Å². The molecule has 2 rings (SSSR count). The summed E-state index contributed by atoms with van der Waals surface area (Å²) in [6, 6.07) is 5.38. The maximum Gasteiger partial charge on any atom is 0.416 e. The first-order valence-electron chi connectivity index (χ1n) is 16.1. The lowest BCUT2D eigenvalue weighted by atomic mass is 10.0. The van der Waals surface area contributed by atoms with E-state index in [1.807, 2.05) is 6.07 Å². The lowest BCUT2D eigenvalue weighted by Gasteiger charge is -2.19. The summed E-state index contributed by atoms with van der Waals surface area (Å²) < 4.78 is 17.1. The molecule has 0 N–H and O–H groups in total. The highest BCUT2D eigenvalue weighted by atomic mass is 16.6. The summed E-state index contributed by atoms with van der Waals surface area (Å²) in [4.78, 5) is 29.6. The van der Waals surface area contributed by atoms with Crippen molar-refractivity contribution >= 4 is 12.0 Å². The number of rotatable bonds is 23.